The molecule has 0 fully saturated rings. The predicted octanol–water partition coefficient (Wildman–Crippen LogP) is 2.94. The van der Waals surface area contributed by atoms with Gasteiger partial charge in [-0.2, -0.15) is 9.61 Å². The van der Waals surface area contributed by atoms with Crippen LogP contribution in [-0.2, 0) is 0 Å². The number of anilines is 1. The van der Waals surface area contributed by atoms with Crippen molar-refractivity contribution in [1.82, 2.24) is 19.6 Å². The fraction of sp³-hybridized carbons (Fsp3) is 0.105. The lowest BCUT2D eigenvalue weighted by molar-refractivity contribution is 0.191. The molecule has 0 aliphatic heterocycles. The molecule has 0 bridgehead atoms. The Kier molecular flexibility index (Phi) is 4.10. The second kappa shape index (κ2) is 6.70. The fourth-order valence-electron chi connectivity index (χ4n) is 2.70. The first-order chi connectivity index (χ1) is 12.3. The molecule has 0 saturated carbocycles. The van der Waals surface area contributed by atoms with Gasteiger partial charge in [-0.15, -0.1) is 0 Å². The summed E-state index contributed by atoms with van der Waals surface area (Å²) in [5.74, 6) is 0.780. The average Bonchev–Trinajstić information content (AvgIpc) is 3.16. The number of aliphatic hydroxyl groups is 1. The number of fused-ring (bicyclic) bond motifs is 1. The Morgan fingerprint density at radius 3 is 2.60 bits per heavy atom. The zero-order chi connectivity index (χ0) is 17.1. The van der Waals surface area contributed by atoms with E-state index in [1.54, 1.807) is 35.2 Å². The molecule has 3 heterocycles. The Morgan fingerprint density at radius 1 is 1.00 bits per heavy atom. The lowest BCUT2D eigenvalue weighted by Crippen LogP contribution is -2.15. The molecule has 6 heteroatoms. The topological polar surface area (TPSA) is 75.3 Å². The van der Waals surface area contributed by atoms with Crippen LogP contribution in [0.1, 0.15) is 11.7 Å². The van der Waals surface area contributed by atoms with Gasteiger partial charge in [-0.05, 0) is 17.7 Å². The van der Waals surface area contributed by atoms with Crippen LogP contribution in [0.5, 0.6) is 0 Å². The maximum Gasteiger partial charge on any atom is 0.157 e. The number of rotatable bonds is 5. The molecule has 4 rings (SSSR count). The molecule has 25 heavy (non-hydrogen) atoms. The van der Waals surface area contributed by atoms with Crippen LogP contribution in [0.4, 0.5) is 5.82 Å². The van der Waals surface area contributed by atoms with Crippen LogP contribution in [0.3, 0.4) is 0 Å². The van der Waals surface area contributed by atoms with Crippen molar-refractivity contribution in [2.45, 2.75) is 6.10 Å². The number of aromatic nitrogens is 4. The number of nitrogens with zero attached hydrogens (tertiary/aromatic N) is 4. The summed E-state index contributed by atoms with van der Waals surface area (Å²) >= 11 is 0. The first kappa shape index (κ1) is 15.3. The Morgan fingerprint density at radius 2 is 1.80 bits per heavy atom. The molecule has 0 spiro atoms. The normalized spacial score (nSPS) is 12.2. The summed E-state index contributed by atoms with van der Waals surface area (Å²) in [5, 5.41) is 17.9. The largest absolute Gasteiger partial charge is 0.387 e. The van der Waals surface area contributed by atoms with Crippen LogP contribution < -0.4 is 5.32 Å². The first-order valence-corrected chi connectivity index (χ1v) is 8.03. The number of benzene rings is 1. The van der Waals surface area contributed by atoms with Gasteiger partial charge in [-0.1, -0.05) is 30.3 Å². The number of aliphatic hydroxyl groups excluding tert-OH is 1. The summed E-state index contributed by atoms with van der Waals surface area (Å²) in [5.41, 5.74) is 3.46. The van der Waals surface area contributed by atoms with E-state index >= 15 is 0 Å². The van der Waals surface area contributed by atoms with Crippen molar-refractivity contribution in [2.24, 2.45) is 0 Å². The smallest absolute Gasteiger partial charge is 0.157 e. The third-order valence-corrected chi connectivity index (χ3v) is 4.00. The molecular weight excluding hydrogens is 314 g/mol. The maximum absolute atomic E-state index is 10.4. The molecule has 0 aliphatic rings. The van der Waals surface area contributed by atoms with Crippen LogP contribution >= 0.6 is 0 Å². The van der Waals surface area contributed by atoms with Crippen molar-refractivity contribution < 1.29 is 5.11 Å². The standard InChI is InChI=1S/C19H17N5O/c25-17(15-6-9-20-10-7-15)13-21-19-12-16(14-4-2-1-3-5-14)23-18-8-11-22-24(18)19/h1-12,17,21,25H,13H2. The fourth-order valence-corrected chi connectivity index (χ4v) is 2.70. The van der Waals surface area contributed by atoms with E-state index in [0.717, 1.165) is 28.3 Å². The molecule has 124 valence electrons. The van der Waals surface area contributed by atoms with E-state index < -0.39 is 6.10 Å². The quantitative estimate of drug-likeness (QED) is 0.588. The van der Waals surface area contributed by atoms with Crippen LogP contribution in [0.2, 0.25) is 0 Å². The van der Waals surface area contributed by atoms with Gasteiger partial charge < -0.3 is 10.4 Å². The van der Waals surface area contributed by atoms with Crippen molar-refractivity contribution in [2.75, 3.05) is 11.9 Å². The van der Waals surface area contributed by atoms with E-state index in [-0.39, 0.29) is 0 Å². The summed E-state index contributed by atoms with van der Waals surface area (Å²) < 4.78 is 1.73. The third-order valence-electron chi connectivity index (χ3n) is 4.00. The minimum atomic E-state index is -0.637. The summed E-state index contributed by atoms with van der Waals surface area (Å²) in [6.45, 7) is 0.358. The van der Waals surface area contributed by atoms with E-state index in [1.807, 2.05) is 42.5 Å². The van der Waals surface area contributed by atoms with Gasteiger partial charge in [0.25, 0.3) is 0 Å². The molecule has 1 unspecified atom stereocenters. The highest BCUT2D eigenvalue weighted by molar-refractivity contribution is 5.66. The monoisotopic (exact) mass is 331 g/mol. The molecule has 0 saturated heterocycles. The van der Waals surface area contributed by atoms with E-state index in [0.29, 0.717) is 6.54 Å². The minimum absolute atomic E-state index is 0.358. The van der Waals surface area contributed by atoms with Crippen molar-refractivity contribution in [3.63, 3.8) is 0 Å². The first-order valence-electron chi connectivity index (χ1n) is 8.03. The Hall–Kier alpha value is -3.25. The molecule has 1 atom stereocenters. The van der Waals surface area contributed by atoms with Gasteiger partial charge in [-0.25, -0.2) is 4.98 Å². The van der Waals surface area contributed by atoms with Crippen LogP contribution in [0, 0.1) is 0 Å². The summed E-state index contributed by atoms with van der Waals surface area (Å²) in [6.07, 6.45) is 4.41. The van der Waals surface area contributed by atoms with Crippen LogP contribution in [0.15, 0.2) is 73.2 Å². The summed E-state index contributed by atoms with van der Waals surface area (Å²) in [7, 11) is 0. The molecule has 0 amide bonds. The summed E-state index contributed by atoms with van der Waals surface area (Å²) in [6, 6.07) is 17.4. The van der Waals surface area contributed by atoms with Gasteiger partial charge in [0, 0.05) is 36.6 Å². The lowest BCUT2D eigenvalue weighted by atomic mass is 10.1. The molecule has 0 radical (unpaired) electrons. The summed E-state index contributed by atoms with van der Waals surface area (Å²) in [4.78, 5) is 8.61. The van der Waals surface area contributed by atoms with Crippen molar-refractivity contribution in [3.8, 4) is 11.3 Å². The van der Waals surface area contributed by atoms with Gasteiger partial charge in [0.05, 0.1) is 18.0 Å². The van der Waals surface area contributed by atoms with Gasteiger partial charge >= 0.3 is 0 Å². The Labute approximate surface area is 144 Å². The number of hydrogen-bond acceptors (Lipinski definition) is 5. The molecule has 3 aromatic heterocycles. The maximum atomic E-state index is 10.4. The highest BCUT2D eigenvalue weighted by Gasteiger charge is 2.11. The number of pyridine rings is 1. The van der Waals surface area contributed by atoms with Crippen molar-refractivity contribution in [3.05, 3.63) is 78.8 Å². The van der Waals surface area contributed by atoms with Crippen molar-refractivity contribution in [1.29, 1.82) is 0 Å². The van der Waals surface area contributed by atoms with Gasteiger partial charge in [0.2, 0.25) is 0 Å². The molecule has 2 N–H and O–H groups in total. The highest BCUT2D eigenvalue weighted by Crippen LogP contribution is 2.22. The average molecular weight is 331 g/mol. The lowest BCUT2D eigenvalue weighted by Gasteiger charge is -2.14. The third kappa shape index (κ3) is 3.20. The molecular formula is C19H17N5O. The molecule has 6 nitrogen and oxygen atoms in total. The Bertz CT molecular complexity index is 969. The number of hydrogen-bond donors (Lipinski definition) is 2. The van der Waals surface area contributed by atoms with Gasteiger partial charge in [-0.3, -0.25) is 4.98 Å². The second-order valence-corrected chi connectivity index (χ2v) is 5.67. The SMILES string of the molecule is OC(CNc1cc(-c2ccccc2)nc2ccnn12)c1ccncc1. The zero-order valence-corrected chi connectivity index (χ0v) is 13.4. The van der Waals surface area contributed by atoms with E-state index in [9.17, 15) is 5.11 Å². The molecule has 0 aliphatic carbocycles. The molecule has 1 aromatic carbocycles. The van der Waals surface area contributed by atoms with Crippen LogP contribution in [0.25, 0.3) is 16.9 Å². The van der Waals surface area contributed by atoms with E-state index in [2.05, 4.69) is 20.4 Å². The highest BCUT2D eigenvalue weighted by atomic mass is 16.3. The second-order valence-electron chi connectivity index (χ2n) is 5.67. The predicted molar refractivity (Wildman–Crippen MR) is 96.1 cm³/mol. The van der Waals surface area contributed by atoms with Crippen molar-refractivity contribution >= 4 is 11.5 Å². The van der Waals surface area contributed by atoms with E-state index in [4.69, 9.17) is 0 Å². The Balaban J connectivity index is 1.63. The van der Waals surface area contributed by atoms with Gasteiger partial charge in [0.1, 0.15) is 5.82 Å². The minimum Gasteiger partial charge on any atom is -0.387 e. The van der Waals surface area contributed by atoms with Crippen LogP contribution in [-0.4, -0.2) is 31.2 Å². The molecule has 4 aromatic rings. The van der Waals surface area contributed by atoms with Gasteiger partial charge in [0.15, 0.2) is 5.65 Å². The van der Waals surface area contributed by atoms with E-state index in [1.165, 1.54) is 0 Å². The zero-order valence-electron chi connectivity index (χ0n) is 13.4. The number of nitrogens with one attached hydrogen (secondary N) is 1.